The Balaban J connectivity index is 1.92. The van der Waals surface area contributed by atoms with Crippen LogP contribution in [-0.2, 0) is 0 Å². The Hall–Kier alpha value is -2.42. The first-order valence-electron chi connectivity index (χ1n) is 6.18. The average molecular weight is 250 g/mol. The van der Waals surface area contributed by atoms with Crippen LogP contribution in [0.3, 0.4) is 0 Å². The minimum atomic E-state index is 0.750. The molecule has 0 aliphatic heterocycles. The number of nitrogens with zero attached hydrogens (tertiary/aromatic N) is 2. The molecule has 0 fully saturated rings. The van der Waals surface area contributed by atoms with E-state index in [0.29, 0.717) is 0 Å². The first-order chi connectivity index (χ1) is 9.22. The molecule has 3 heteroatoms. The number of aromatic nitrogens is 2. The van der Waals surface area contributed by atoms with Crippen LogP contribution in [0.1, 0.15) is 11.3 Å². The van der Waals surface area contributed by atoms with Crippen LogP contribution in [0, 0.1) is 13.8 Å². The summed E-state index contributed by atoms with van der Waals surface area (Å²) in [6.07, 6.45) is 3.52. The van der Waals surface area contributed by atoms with Crippen LogP contribution in [0.5, 0.6) is 0 Å². The van der Waals surface area contributed by atoms with Crippen molar-refractivity contribution in [2.45, 2.75) is 13.8 Å². The van der Waals surface area contributed by atoms with Crippen molar-refractivity contribution in [1.82, 2.24) is 9.97 Å². The van der Waals surface area contributed by atoms with Gasteiger partial charge in [-0.1, -0.05) is 29.8 Å². The Bertz CT molecular complexity index is 682. The number of furan rings is 1. The molecule has 0 aliphatic rings. The Morgan fingerprint density at radius 3 is 2.05 bits per heavy atom. The normalized spacial score (nSPS) is 10.6. The Morgan fingerprint density at radius 2 is 1.47 bits per heavy atom. The SMILES string of the molecule is Cc1ccc(-c2cnc(-c3ccc(C)o3)cn2)cc1. The molecule has 0 unspecified atom stereocenters. The lowest BCUT2D eigenvalue weighted by atomic mass is 10.1. The summed E-state index contributed by atoms with van der Waals surface area (Å²) in [4.78, 5) is 8.85. The quantitative estimate of drug-likeness (QED) is 0.689. The number of hydrogen-bond acceptors (Lipinski definition) is 3. The van der Waals surface area contributed by atoms with Gasteiger partial charge in [-0.3, -0.25) is 4.98 Å². The summed E-state index contributed by atoms with van der Waals surface area (Å²) >= 11 is 0. The van der Waals surface area contributed by atoms with Crippen LogP contribution in [-0.4, -0.2) is 9.97 Å². The molecule has 0 amide bonds. The predicted molar refractivity (Wildman–Crippen MR) is 74.6 cm³/mol. The fourth-order valence-electron chi connectivity index (χ4n) is 1.90. The topological polar surface area (TPSA) is 38.9 Å². The molecule has 0 saturated carbocycles. The van der Waals surface area contributed by atoms with Gasteiger partial charge in [-0.2, -0.15) is 0 Å². The molecule has 0 aliphatic carbocycles. The lowest BCUT2D eigenvalue weighted by molar-refractivity contribution is 0.546. The van der Waals surface area contributed by atoms with Crippen molar-refractivity contribution in [3.63, 3.8) is 0 Å². The van der Waals surface area contributed by atoms with E-state index in [1.807, 2.05) is 19.1 Å². The van der Waals surface area contributed by atoms with Crippen LogP contribution < -0.4 is 0 Å². The Morgan fingerprint density at radius 1 is 0.789 bits per heavy atom. The first-order valence-corrected chi connectivity index (χ1v) is 6.18. The van der Waals surface area contributed by atoms with E-state index in [9.17, 15) is 0 Å². The van der Waals surface area contributed by atoms with Gasteiger partial charge >= 0.3 is 0 Å². The number of hydrogen-bond donors (Lipinski definition) is 0. The Labute approximate surface area is 112 Å². The Kier molecular flexibility index (Phi) is 2.88. The molecular weight excluding hydrogens is 236 g/mol. The standard InChI is InChI=1S/C16H14N2O/c1-11-3-6-13(7-4-11)14-9-18-15(10-17-14)16-8-5-12(2)19-16/h3-10H,1-2H3. The van der Waals surface area contributed by atoms with Crippen molar-refractivity contribution in [2.75, 3.05) is 0 Å². The van der Waals surface area contributed by atoms with E-state index < -0.39 is 0 Å². The summed E-state index contributed by atoms with van der Waals surface area (Å²) < 4.78 is 5.53. The minimum absolute atomic E-state index is 0.750. The summed E-state index contributed by atoms with van der Waals surface area (Å²) in [5, 5.41) is 0. The summed E-state index contributed by atoms with van der Waals surface area (Å²) in [5.41, 5.74) is 3.93. The molecule has 0 radical (unpaired) electrons. The van der Waals surface area contributed by atoms with Crippen LogP contribution in [0.2, 0.25) is 0 Å². The molecule has 0 saturated heterocycles. The van der Waals surface area contributed by atoms with Gasteiger partial charge in [0.15, 0.2) is 5.76 Å². The lowest BCUT2D eigenvalue weighted by Gasteiger charge is -2.02. The highest BCUT2D eigenvalue weighted by molar-refractivity contribution is 5.60. The van der Waals surface area contributed by atoms with Crippen LogP contribution in [0.4, 0.5) is 0 Å². The third-order valence-corrected chi connectivity index (χ3v) is 2.99. The van der Waals surface area contributed by atoms with Crippen LogP contribution in [0.15, 0.2) is 53.2 Å². The summed E-state index contributed by atoms with van der Waals surface area (Å²) in [7, 11) is 0. The predicted octanol–water partition coefficient (Wildman–Crippen LogP) is 4.02. The highest BCUT2D eigenvalue weighted by atomic mass is 16.3. The molecule has 3 aromatic rings. The van der Waals surface area contributed by atoms with E-state index in [1.54, 1.807) is 12.4 Å². The fraction of sp³-hybridized carbons (Fsp3) is 0.125. The van der Waals surface area contributed by atoms with Gasteiger partial charge < -0.3 is 4.42 Å². The van der Waals surface area contributed by atoms with Crippen molar-refractivity contribution in [3.8, 4) is 22.7 Å². The van der Waals surface area contributed by atoms with E-state index in [0.717, 1.165) is 28.5 Å². The third-order valence-electron chi connectivity index (χ3n) is 2.99. The summed E-state index contributed by atoms with van der Waals surface area (Å²) in [6, 6.07) is 12.1. The molecule has 2 aromatic heterocycles. The maximum absolute atomic E-state index is 5.53. The largest absolute Gasteiger partial charge is 0.460 e. The minimum Gasteiger partial charge on any atom is -0.460 e. The summed E-state index contributed by atoms with van der Waals surface area (Å²) in [5.74, 6) is 1.62. The summed E-state index contributed by atoms with van der Waals surface area (Å²) in [6.45, 7) is 3.98. The monoisotopic (exact) mass is 250 g/mol. The molecular formula is C16H14N2O. The number of benzene rings is 1. The smallest absolute Gasteiger partial charge is 0.154 e. The van der Waals surface area contributed by atoms with Crippen molar-refractivity contribution in [3.05, 3.63) is 60.1 Å². The molecule has 3 nitrogen and oxygen atoms in total. The highest BCUT2D eigenvalue weighted by Gasteiger charge is 2.05. The van der Waals surface area contributed by atoms with E-state index in [2.05, 4.69) is 41.2 Å². The maximum Gasteiger partial charge on any atom is 0.154 e. The molecule has 0 spiro atoms. The van der Waals surface area contributed by atoms with Gasteiger partial charge in [0.25, 0.3) is 0 Å². The molecule has 1 aromatic carbocycles. The van der Waals surface area contributed by atoms with E-state index >= 15 is 0 Å². The lowest BCUT2D eigenvalue weighted by Crippen LogP contribution is -1.88. The van der Waals surface area contributed by atoms with Crippen molar-refractivity contribution < 1.29 is 4.42 Å². The number of aryl methyl sites for hydroxylation is 2. The second-order valence-corrected chi connectivity index (χ2v) is 4.56. The van der Waals surface area contributed by atoms with E-state index in [4.69, 9.17) is 4.42 Å². The maximum atomic E-state index is 5.53. The highest BCUT2D eigenvalue weighted by Crippen LogP contribution is 2.21. The average Bonchev–Trinajstić information content (AvgIpc) is 2.87. The first kappa shape index (κ1) is 11.7. The molecule has 0 atom stereocenters. The second-order valence-electron chi connectivity index (χ2n) is 4.56. The molecule has 0 bridgehead atoms. The van der Waals surface area contributed by atoms with Crippen molar-refractivity contribution in [2.24, 2.45) is 0 Å². The molecule has 0 N–H and O–H groups in total. The molecule has 19 heavy (non-hydrogen) atoms. The zero-order valence-corrected chi connectivity index (χ0v) is 10.9. The molecule has 2 heterocycles. The van der Waals surface area contributed by atoms with Crippen LogP contribution >= 0.6 is 0 Å². The van der Waals surface area contributed by atoms with Gasteiger partial charge in [0.05, 0.1) is 18.1 Å². The molecule has 94 valence electrons. The number of rotatable bonds is 2. The van der Waals surface area contributed by atoms with Crippen LogP contribution in [0.25, 0.3) is 22.7 Å². The van der Waals surface area contributed by atoms with Gasteiger partial charge in [-0.15, -0.1) is 0 Å². The van der Waals surface area contributed by atoms with Gasteiger partial charge in [0.2, 0.25) is 0 Å². The van der Waals surface area contributed by atoms with Gasteiger partial charge in [-0.05, 0) is 26.0 Å². The zero-order chi connectivity index (χ0) is 13.2. The molecule has 3 rings (SSSR count). The van der Waals surface area contributed by atoms with Gasteiger partial charge in [0, 0.05) is 5.56 Å². The van der Waals surface area contributed by atoms with Crippen molar-refractivity contribution in [1.29, 1.82) is 0 Å². The second kappa shape index (κ2) is 4.69. The zero-order valence-electron chi connectivity index (χ0n) is 10.9. The third kappa shape index (κ3) is 2.40. The van der Waals surface area contributed by atoms with Gasteiger partial charge in [-0.25, -0.2) is 4.98 Å². The fourth-order valence-corrected chi connectivity index (χ4v) is 1.90. The van der Waals surface area contributed by atoms with Gasteiger partial charge in [0.1, 0.15) is 11.5 Å². The van der Waals surface area contributed by atoms with Crippen molar-refractivity contribution >= 4 is 0 Å². The van der Waals surface area contributed by atoms with E-state index in [1.165, 1.54) is 5.56 Å². The van der Waals surface area contributed by atoms with E-state index in [-0.39, 0.29) is 0 Å².